The molecule has 2 aromatic carbocycles. The third-order valence-electron chi connectivity index (χ3n) is 6.48. The molecule has 0 amide bonds. The minimum atomic E-state index is -0.419. The average Bonchev–Trinajstić information content (AvgIpc) is 2.97. The number of carbonyl (C=O) groups excluding carboxylic acids is 2. The molecule has 0 unspecified atom stereocenters. The van der Waals surface area contributed by atoms with Crippen LogP contribution in [-0.4, -0.2) is 30.1 Å². The van der Waals surface area contributed by atoms with Crippen LogP contribution in [0.1, 0.15) is 81.1 Å². The smallest absolute Gasteiger partial charge is 0.343 e. The molecule has 0 saturated carbocycles. The molecule has 6 nitrogen and oxygen atoms in total. The molecular formula is C34H41NO5. The molecule has 3 aromatic rings. The zero-order valence-electron chi connectivity index (χ0n) is 23.8. The van der Waals surface area contributed by atoms with Gasteiger partial charge in [0, 0.05) is 17.3 Å². The Morgan fingerprint density at radius 3 is 2.10 bits per heavy atom. The van der Waals surface area contributed by atoms with E-state index in [4.69, 9.17) is 14.2 Å². The summed E-state index contributed by atoms with van der Waals surface area (Å²) < 4.78 is 16.4. The number of aryl methyl sites for hydroxylation is 1. The molecule has 212 valence electrons. The van der Waals surface area contributed by atoms with Crippen LogP contribution in [0, 0.1) is 0 Å². The first-order valence-corrected chi connectivity index (χ1v) is 14.3. The molecule has 0 aliphatic heterocycles. The van der Waals surface area contributed by atoms with E-state index in [0.29, 0.717) is 35.8 Å². The Balaban J connectivity index is 1.37. The average molecular weight is 544 g/mol. The molecule has 6 heteroatoms. The summed E-state index contributed by atoms with van der Waals surface area (Å²) in [5, 5.41) is 0. The lowest BCUT2D eigenvalue weighted by atomic mass is 10.1. The highest BCUT2D eigenvalue weighted by Gasteiger charge is 2.10. The largest absolute Gasteiger partial charge is 0.494 e. The Morgan fingerprint density at radius 2 is 1.45 bits per heavy atom. The maximum atomic E-state index is 12.6. The van der Waals surface area contributed by atoms with E-state index < -0.39 is 5.97 Å². The van der Waals surface area contributed by atoms with Gasteiger partial charge in [0.15, 0.2) is 0 Å². The highest BCUT2D eigenvalue weighted by molar-refractivity contribution is 5.91. The number of pyridine rings is 1. The highest BCUT2D eigenvalue weighted by Crippen LogP contribution is 2.22. The van der Waals surface area contributed by atoms with Crippen molar-refractivity contribution in [3.8, 4) is 22.8 Å². The molecule has 1 heterocycles. The fourth-order valence-corrected chi connectivity index (χ4v) is 4.08. The van der Waals surface area contributed by atoms with Crippen molar-refractivity contribution in [2.45, 2.75) is 71.6 Å². The van der Waals surface area contributed by atoms with E-state index in [1.165, 1.54) is 31.2 Å². The maximum absolute atomic E-state index is 12.6. The lowest BCUT2D eigenvalue weighted by molar-refractivity contribution is -0.139. The van der Waals surface area contributed by atoms with Gasteiger partial charge < -0.3 is 14.2 Å². The Labute approximate surface area is 238 Å². The van der Waals surface area contributed by atoms with Crippen LogP contribution in [0.15, 0.2) is 79.0 Å². The molecule has 0 saturated heterocycles. The number of unbranched alkanes of at least 4 members (excludes halogenated alkanes) is 6. The number of ether oxygens (including phenoxy) is 3. The van der Waals surface area contributed by atoms with Crippen molar-refractivity contribution in [1.29, 1.82) is 0 Å². The van der Waals surface area contributed by atoms with Crippen molar-refractivity contribution in [2.75, 3.05) is 13.2 Å². The fourth-order valence-electron chi connectivity index (χ4n) is 4.08. The second kappa shape index (κ2) is 16.9. The van der Waals surface area contributed by atoms with Crippen LogP contribution < -0.4 is 9.47 Å². The second-order valence-corrected chi connectivity index (χ2v) is 9.98. The van der Waals surface area contributed by atoms with Gasteiger partial charge in [-0.25, -0.2) is 9.59 Å². The summed E-state index contributed by atoms with van der Waals surface area (Å²) in [4.78, 5) is 28.5. The molecule has 0 radical (unpaired) electrons. The first-order chi connectivity index (χ1) is 19.5. The Morgan fingerprint density at radius 1 is 0.775 bits per heavy atom. The van der Waals surface area contributed by atoms with Crippen LogP contribution in [0.3, 0.4) is 0 Å². The minimum Gasteiger partial charge on any atom is -0.494 e. The topological polar surface area (TPSA) is 74.7 Å². The van der Waals surface area contributed by atoms with Gasteiger partial charge in [-0.3, -0.25) is 4.98 Å². The van der Waals surface area contributed by atoms with Crippen molar-refractivity contribution in [3.05, 3.63) is 90.1 Å². The number of benzene rings is 2. The van der Waals surface area contributed by atoms with Gasteiger partial charge in [-0.2, -0.15) is 0 Å². The van der Waals surface area contributed by atoms with Gasteiger partial charge in [-0.1, -0.05) is 38.8 Å². The Hall–Kier alpha value is -3.93. The second-order valence-electron chi connectivity index (χ2n) is 9.98. The quantitative estimate of drug-likeness (QED) is 0.0740. The number of nitrogens with zero attached hydrogens (tertiary/aromatic N) is 1. The predicted octanol–water partition coefficient (Wildman–Crippen LogP) is 8.15. The van der Waals surface area contributed by atoms with Crippen LogP contribution in [0.25, 0.3) is 11.3 Å². The van der Waals surface area contributed by atoms with Crippen LogP contribution in [0.5, 0.6) is 11.5 Å². The molecule has 0 bridgehead atoms. The number of hydrogen-bond acceptors (Lipinski definition) is 6. The molecule has 0 N–H and O–H groups in total. The van der Waals surface area contributed by atoms with Gasteiger partial charge in [-0.15, -0.1) is 0 Å². The maximum Gasteiger partial charge on any atom is 0.343 e. The fraction of sp³-hybridized carbons (Fsp3) is 0.382. The first-order valence-electron chi connectivity index (χ1n) is 14.3. The molecule has 40 heavy (non-hydrogen) atoms. The third kappa shape index (κ3) is 10.7. The zero-order chi connectivity index (χ0) is 28.6. The molecule has 0 atom stereocenters. The summed E-state index contributed by atoms with van der Waals surface area (Å²) in [6.07, 6.45) is 11.7. The molecule has 3 rings (SSSR count). The lowest BCUT2D eigenvalue weighted by Gasteiger charge is -2.09. The van der Waals surface area contributed by atoms with Gasteiger partial charge in [0.05, 0.1) is 24.5 Å². The molecule has 1 aromatic heterocycles. The summed E-state index contributed by atoms with van der Waals surface area (Å²) in [6, 6.07) is 18.5. The molecule has 0 fully saturated rings. The van der Waals surface area contributed by atoms with Crippen LogP contribution in [0.4, 0.5) is 0 Å². The zero-order valence-corrected chi connectivity index (χ0v) is 23.8. The molecular weight excluding hydrogens is 502 g/mol. The number of rotatable bonds is 17. The van der Waals surface area contributed by atoms with Gasteiger partial charge in [0.2, 0.25) is 0 Å². The summed E-state index contributed by atoms with van der Waals surface area (Å²) in [7, 11) is 0. The summed E-state index contributed by atoms with van der Waals surface area (Å²) in [5.74, 6) is 0.430. The van der Waals surface area contributed by atoms with E-state index >= 15 is 0 Å². The third-order valence-corrected chi connectivity index (χ3v) is 6.48. The van der Waals surface area contributed by atoms with Crippen LogP contribution >= 0.6 is 0 Å². The van der Waals surface area contributed by atoms with Gasteiger partial charge in [0.1, 0.15) is 11.5 Å². The number of hydrogen-bond donors (Lipinski definition) is 0. The number of aromatic nitrogens is 1. The van der Waals surface area contributed by atoms with Crippen LogP contribution in [-0.2, 0) is 16.0 Å². The van der Waals surface area contributed by atoms with Crippen molar-refractivity contribution in [1.82, 2.24) is 4.98 Å². The summed E-state index contributed by atoms with van der Waals surface area (Å²) >= 11 is 0. The van der Waals surface area contributed by atoms with Gasteiger partial charge in [0.25, 0.3) is 0 Å². The van der Waals surface area contributed by atoms with E-state index in [0.717, 1.165) is 43.4 Å². The summed E-state index contributed by atoms with van der Waals surface area (Å²) in [5.41, 5.74) is 4.01. The van der Waals surface area contributed by atoms with Crippen molar-refractivity contribution in [3.63, 3.8) is 0 Å². The van der Waals surface area contributed by atoms with Crippen molar-refractivity contribution in [2.24, 2.45) is 0 Å². The Bertz CT molecular complexity index is 1200. The lowest BCUT2D eigenvalue weighted by Crippen LogP contribution is -2.08. The minimum absolute atomic E-state index is 0.337. The van der Waals surface area contributed by atoms with Gasteiger partial charge >= 0.3 is 11.9 Å². The SMILES string of the molecule is C=C(C)C(=O)OCCCCCCOc1ccc(C(=O)Oc2ccc(-c3ccc(CCCCCC)cn3)cc2)cc1. The molecule has 0 spiro atoms. The van der Waals surface area contributed by atoms with Crippen LogP contribution in [0.2, 0.25) is 0 Å². The Kier molecular flexibility index (Phi) is 12.9. The van der Waals surface area contributed by atoms with E-state index in [9.17, 15) is 9.59 Å². The van der Waals surface area contributed by atoms with E-state index in [1.807, 2.05) is 24.4 Å². The van der Waals surface area contributed by atoms with E-state index in [-0.39, 0.29) is 5.97 Å². The van der Waals surface area contributed by atoms with E-state index in [1.54, 1.807) is 43.3 Å². The normalized spacial score (nSPS) is 10.7. The van der Waals surface area contributed by atoms with Crippen molar-refractivity contribution < 1.29 is 23.8 Å². The van der Waals surface area contributed by atoms with E-state index in [2.05, 4.69) is 24.6 Å². The van der Waals surface area contributed by atoms with Crippen molar-refractivity contribution >= 4 is 11.9 Å². The predicted molar refractivity (Wildman–Crippen MR) is 159 cm³/mol. The standard InChI is InChI=1S/C34H41NO5/c1-4-5-6-9-12-27-13-22-32(35-25-27)28-14-20-31(21-15-28)40-34(37)29-16-18-30(19-17-29)38-23-10-7-8-11-24-39-33(36)26(2)3/h13-22,25H,2,4-12,23-24H2,1,3H3. The molecule has 0 aliphatic rings. The summed E-state index contributed by atoms with van der Waals surface area (Å²) in [6.45, 7) is 8.42. The highest BCUT2D eigenvalue weighted by atomic mass is 16.5. The van der Waals surface area contributed by atoms with Gasteiger partial charge in [-0.05, 0) is 106 Å². The monoisotopic (exact) mass is 543 g/mol. The number of esters is 2. The molecule has 0 aliphatic carbocycles. The number of carbonyl (C=O) groups is 2. The first kappa shape index (κ1) is 30.6.